The van der Waals surface area contributed by atoms with Crippen LogP contribution >= 0.6 is 11.3 Å². The second-order valence-electron chi connectivity index (χ2n) is 4.36. The van der Waals surface area contributed by atoms with Crippen molar-refractivity contribution in [2.75, 3.05) is 6.26 Å². The molecule has 0 aliphatic carbocycles. The molecule has 0 radical (unpaired) electrons. The smallest absolute Gasteiger partial charge is 0.281 e. The molecule has 1 heterocycles. The highest BCUT2D eigenvalue weighted by atomic mass is 32.3. The molecule has 20 heavy (non-hydrogen) atoms. The third-order valence-electron chi connectivity index (χ3n) is 2.56. The summed E-state index contributed by atoms with van der Waals surface area (Å²) in [5.41, 5.74) is 1.64. The third kappa shape index (κ3) is 3.66. The Labute approximate surface area is 121 Å². The summed E-state index contributed by atoms with van der Waals surface area (Å²) in [5, 5.41) is 1.57. The molecule has 5 nitrogen and oxygen atoms in total. The van der Waals surface area contributed by atoms with E-state index in [1.807, 2.05) is 0 Å². The van der Waals surface area contributed by atoms with E-state index >= 15 is 0 Å². The third-order valence-corrected chi connectivity index (χ3v) is 5.73. The number of hydrogen-bond acceptors (Lipinski definition) is 5. The number of hydrogen-bond donors (Lipinski definition) is 1. The van der Waals surface area contributed by atoms with Crippen LogP contribution in [0.5, 0.6) is 0 Å². The van der Waals surface area contributed by atoms with Crippen LogP contribution in [0.15, 0.2) is 39.9 Å². The van der Waals surface area contributed by atoms with Crippen molar-refractivity contribution < 1.29 is 21.4 Å². The predicted molar refractivity (Wildman–Crippen MR) is 78.1 cm³/mol. The van der Waals surface area contributed by atoms with Gasteiger partial charge in [0.15, 0.2) is 14.0 Å². The Morgan fingerprint density at radius 1 is 1.05 bits per heavy atom. The minimum Gasteiger partial charge on any atom is -0.281 e. The second-order valence-corrected chi connectivity index (χ2v) is 9.04. The van der Waals surface area contributed by atoms with E-state index in [1.54, 1.807) is 35.7 Å². The average molecular weight is 332 g/mol. The molecule has 1 aromatic heterocycles. The molecule has 0 fully saturated rings. The molecule has 0 aliphatic rings. The molecule has 108 valence electrons. The fourth-order valence-corrected chi connectivity index (χ4v) is 4.35. The Morgan fingerprint density at radius 3 is 2.15 bits per heavy atom. The molecule has 8 heteroatoms. The Hall–Kier alpha value is -1.22. The highest BCUT2D eigenvalue weighted by Gasteiger charge is 2.18. The van der Waals surface area contributed by atoms with Gasteiger partial charge in [0.25, 0.3) is 0 Å². The van der Waals surface area contributed by atoms with Gasteiger partial charge in [0.1, 0.15) is 0 Å². The molecule has 0 saturated heterocycles. The Balaban J connectivity index is 2.39. The van der Waals surface area contributed by atoms with E-state index in [0.29, 0.717) is 16.7 Å². The number of sulfone groups is 1. The van der Waals surface area contributed by atoms with Gasteiger partial charge in [-0.15, -0.1) is 11.3 Å². The van der Waals surface area contributed by atoms with Gasteiger partial charge in [0, 0.05) is 11.8 Å². The lowest BCUT2D eigenvalue weighted by atomic mass is 10.1. The van der Waals surface area contributed by atoms with Crippen molar-refractivity contribution in [1.82, 2.24) is 0 Å². The van der Waals surface area contributed by atoms with Crippen molar-refractivity contribution in [3.05, 3.63) is 41.3 Å². The van der Waals surface area contributed by atoms with Gasteiger partial charge in [-0.25, -0.2) is 8.42 Å². The largest absolute Gasteiger partial charge is 0.304 e. The average Bonchev–Trinajstić information content (AvgIpc) is 2.76. The van der Waals surface area contributed by atoms with Crippen molar-refractivity contribution in [2.24, 2.45) is 0 Å². The van der Waals surface area contributed by atoms with Crippen molar-refractivity contribution in [3.63, 3.8) is 0 Å². The zero-order valence-electron chi connectivity index (χ0n) is 10.5. The quantitative estimate of drug-likeness (QED) is 0.867. The maximum absolute atomic E-state index is 11.2. The molecule has 0 amide bonds. The van der Waals surface area contributed by atoms with E-state index in [1.165, 1.54) is 0 Å². The summed E-state index contributed by atoms with van der Waals surface area (Å²) in [6.07, 6.45) is 1.15. The van der Waals surface area contributed by atoms with E-state index in [9.17, 15) is 16.8 Å². The topological polar surface area (TPSA) is 88.5 Å². The summed E-state index contributed by atoms with van der Waals surface area (Å²) in [6.45, 7) is 0. The summed E-state index contributed by atoms with van der Waals surface area (Å²) in [4.78, 5) is 0. The van der Waals surface area contributed by atoms with Crippen LogP contribution in [0, 0.1) is 0 Å². The van der Waals surface area contributed by atoms with Gasteiger partial charge in [0.2, 0.25) is 0 Å². The van der Waals surface area contributed by atoms with E-state index in [2.05, 4.69) is 0 Å². The Morgan fingerprint density at radius 2 is 1.65 bits per heavy atom. The zero-order valence-corrected chi connectivity index (χ0v) is 12.9. The maximum atomic E-state index is 11.2. The van der Waals surface area contributed by atoms with Crippen LogP contribution in [-0.2, 0) is 25.7 Å². The van der Waals surface area contributed by atoms with Gasteiger partial charge in [0.05, 0.1) is 5.75 Å². The summed E-state index contributed by atoms with van der Waals surface area (Å²) in [5.74, 6) is -0.0674. The van der Waals surface area contributed by atoms with E-state index in [4.69, 9.17) is 4.55 Å². The fourth-order valence-electron chi connectivity index (χ4n) is 1.79. The highest BCUT2D eigenvalue weighted by molar-refractivity contribution is 7.89. The van der Waals surface area contributed by atoms with Crippen LogP contribution in [-0.4, -0.2) is 27.6 Å². The molecule has 0 unspecified atom stereocenters. The lowest BCUT2D eigenvalue weighted by Crippen LogP contribution is -2.00. The molecule has 2 aromatic rings. The first-order chi connectivity index (χ1) is 9.17. The van der Waals surface area contributed by atoms with E-state index in [0.717, 1.165) is 17.6 Å². The molecule has 0 aliphatic heterocycles. The number of benzene rings is 1. The Bertz CT molecular complexity index is 814. The summed E-state index contributed by atoms with van der Waals surface area (Å²) >= 11 is 0.932. The van der Waals surface area contributed by atoms with Crippen LogP contribution in [0.25, 0.3) is 11.1 Å². The minimum atomic E-state index is -4.25. The molecular weight excluding hydrogens is 320 g/mol. The van der Waals surface area contributed by atoms with Gasteiger partial charge in [-0.3, -0.25) is 4.55 Å². The Kier molecular flexibility index (Phi) is 4.01. The SMILES string of the molecule is CS(=O)(=O)Cc1ccc(-c2ccsc2S(=O)(=O)O)cc1. The molecule has 0 spiro atoms. The van der Waals surface area contributed by atoms with Crippen LogP contribution in [0.4, 0.5) is 0 Å². The van der Waals surface area contributed by atoms with Gasteiger partial charge < -0.3 is 0 Å². The monoisotopic (exact) mass is 332 g/mol. The molecular formula is C12H12O5S3. The molecule has 0 bridgehead atoms. The first kappa shape index (κ1) is 15.2. The van der Waals surface area contributed by atoms with Crippen molar-refractivity contribution in [2.45, 2.75) is 9.96 Å². The molecule has 0 atom stereocenters. The van der Waals surface area contributed by atoms with Crippen molar-refractivity contribution >= 4 is 31.3 Å². The lowest BCUT2D eigenvalue weighted by molar-refractivity contribution is 0.486. The first-order valence-corrected chi connectivity index (χ1v) is 9.87. The van der Waals surface area contributed by atoms with Gasteiger partial charge in [-0.1, -0.05) is 24.3 Å². The first-order valence-electron chi connectivity index (χ1n) is 5.49. The normalized spacial score (nSPS) is 12.5. The zero-order chi connectivity index (χ0) is 15.0. The van der Waals surface area contributed by atoms with Crippen LogP contribution in [0.2, 0.25) is 0 Å². The van der Waals surface area contributed by atoms with Gasteiger partial charge in [-0.2, -0.15) is 8.42 Å². The summed E-state index contributed by atoms with van der Waals surface area (Å²) < 4.78 is 53.9. The van der Waals surface area contributed by atoms with Crippen LogP contribution in [0.1, 0.15) is 5.56 Å². The molecule has 1 aromatic carbocycles. The highest BCUT2D eigenvalue weighted by Crippen LogP contribution is 2.32. The second kappa shape index (κ2) is 5.28. The van der Waals surface area contributed by atoms with Crippen LogP contribution < -0.4 is 0 Å². The van der Waals surface area contributed by atoms with E-state index < -0.39 is 20.0 Å². The molecule has 1 N–H and O–H groups in total. The summed E-state index contributed by atoms with van der Waals surface area (Å²) in [7, 11) is -7.36. The van der Waals surface area contributed by atoms with Crippen molar-refractivity contribution in [3.8, 4) is 11.1 Å². The van der Waals surface area contributed by atoms with Gasteiger partial charge in [-0.05, 0) is 22.6 Å². The molecule has 0 saturated carbocycles. The standard InChI is InChI=1S/C12H12O5S3/c1-19(13,14)8-9-2-4-10(5-3-9)11-6-7-18-12(11)20(15,16)17/h2-7H,8H2,1H3,(H,15,16,17). The van der Waals surface area contributed by atoms with Crippen molar-refractivity contribution in [1.29, 1.82) is 0 Å². The summed E-state index contributed by atoms with van der Waals surface area (Å²) in [6, 6.07) is 8.12. The molecule has 2 rings (SSSR count). The number of rotatable bonds is 4. The number of thiophene rings is 1. The lowest BCUT2D eigenvalue weighted by Gasteiger charge is -2.04. The van der Waals surface area contributed by atoms with Gasteiger partial charge >= 0.3 is 10.1 Å². The predicted octanol–water partition coefficient (Wildman–Crippen LogP) is 2.21. The van der Waals surface area contributed by atoms with E-state index in [-0.39, 0.29) is 9.96 Å². The maximum Gasteiger partial charge on any atom is 0.304 e. The fraction of sp³-hybridized carbons (Fsp3) is 0.167. The van der Waals surface area contributed by atoms with Crippen LogP contribution in [0.3, 0.4) is 0 Å². The minimum absolute atomic E-state index is 0.0674.